The molecule has 0 radical (unpaired) electrons. The molecule has 0 aliphatic carbocycles. The van der Waals surface area contributed by atoms with Gasteiger partial charge in [0, 0.05) is 0 Å². The molecule has 0 aromatic heterocycles. The van der Waals surface area contributed by atoms with Crippen LogP contribution in [-0.4, -0.2) is 21.4 Å². The van der Waals surface area contributed by atoms with E-state index in [2.05, 4.69) is 19.6 Å². The fourth-order valence-corrected chi connectivity index (χ4v) is 2.89. The SMILES string of the molecule is COC(=O)[C@@H](C)[C@H](O[Si](C)(C)C)c1ccccc1. The van der Waals surface area contributed by atoms with E-state index in [1.165, 1.54) is 7.11 Å². The van der Waals surface area contributed by atoms with Crippen LogP contribution in [0.5, 0.6) is 0 Å². The van der Waals surface area contributed by atoms with Gasteiger partial charge in [-0.2, -0.15) is 0 Å². The van der Waals surface area contributed by atoms with Crippen molar-refractivity contribution in [3.63, 3.8) is 0 Å². The van der Waals surface area contributed by atoms with Crippen LogP contribution in [-0.2, 0) is 14.0 Å². The molecule has 0 N–H and O–H groups in total. The molecule has 0 spiro atoms. The quantitative estimate of drug-likeness (QED) is 0.605. The predicted octanol–water partition coefficient (Wildman–Crippen LogP) is 3.39. The molecule has 0 heterocycles. The van der Waals surface area contributed by atoms with Gasteiger partial charge in [-0.25, -0.2) is 0 Å². The van der Waals surface area contributed by atoms with Crippen LogP contribution < -0.4 is 0 Å². The van der Waals surface area contributed by atoms with Crippen molar-refractivity contribution >= 4 is 14.3 Å². The van der Waals surface area contributed by atoms with E-state index in [4.69, 9.17) is 9.16 Å². The van der Waals surface area contributed by atoms with Gasteiger partial charge in [0.25, 0.3) is 0 Å². The minimum Gasteiger partial charge on any atom is -0.469 e. The zero-order valence-electron chi connectivity index (χ0n) is 11.8. The Morgan fingerprint density at radius 2 is 1.72 bits per heavy atom. The summed E-state index contributed by atoms with van der Waals surface area (Å²) in [6, 6.07) is 9.85. The Bertz CT molecular complexity index is 384. The van der Waals surface area contributed by atoms with E-state index >= 15 is 0 Å². The third-order valence-corrected chi connectivity index (χ3v) is 3.60. The lowest BCUT2D eigenvalue weighted by atomic mass is 9.98. The minimum absolute atomic E-state index is 0.231. The number of carbonyl (C=O) groups is 1. The lowest BCUT2D eigenvalue weighted by molar-refractivity contribution is -0.148. The summed E-state index contributed by atoms with van der Waals surface area (Å²) in [6.07, 6.45) is -0.231. The van der Waals surface area contributed by atoms with Crippen molar-refractivity contribution < 1.29 is 14.0 Å². The van der Waals surface area contributed by atoms with Crippen molar-refractivity contribution in [1.29, 1.82) is 0 Å². The molecule has 100 valence electrons. The first-order chi connectivity index (χ1) is 8.35. The Labute approximate surface area is 110 Å². The second-order valence-electron chi connectivity index (χ2n) is 5.37. The molecule has 1 aromatic rings. The average Bonchev–Trinajstić information content (AvgIpc) is 2.34. The van der Waals surface area contributed by atoms with Gasteiger partial charge in [0.1, 0.15) is 0 Å². The van der Waals surface area contributed by atoms with Gasteiger partial charge in [-0.3, -0.25) is 4.79 Å². The largest absolute Gasteiger partial charge is 0.469 e. The first-order valence-electron chi connectivity index (χ1n) is 6.16. The van der Waals surface area contributed by atoms with Crippen molar-refractivity contribution in [2.45, 2.75) is 32.7 Å². The normalized spacial score (nSPS) is 14.9. The monoisotopic (exact) mass is 266 g/mol. The smallest absolute Gasteiger partial charge is 0.311 e. The van der Waals surface area contributed by atoms with Crippen molar-refractivity contribution in [1.82, 2.24) is 0 Å². The maximum Gasteiger partial charge on any atom is 0.311 e. The van der Waals surface area contributed by atoms with Gasteiger partial charge < -0.3 is 9.16 Å². The van der Waals surface area contributed by atoms with E-state index < -0.39 is 8.32 Å². The van der Waals surface area contributed by atoms with Gasteiger partial charge in [0.05, 0.1) is 19.1 Å². The molecule has 18 heavy (non-hydrogen) atoms. The van der Waals surface area contributed by atoms with Crippen molar-refractivity contribution in [2.75, 3.05) is 7.11 Å². The number of benzene rings is 1. The maximum absolute atomic E-state index is 11.7. The van der Waals surface area contributed by atoms with Gasteiger partial charge >= 0.3 is 5.97 Å². The fraction of sp³-hybridized carbons (Fsp3) is 0.500. The number of carbonyl (C=O) groups excluding carboxylic acids is 1. The van der Waals surface area contributed by atoms with Crippen LogP contribution in [0.1, 0.15) is 18.6 Å². The topological polar surface area (TPSA) is 35.5 Å². The summed E-state index contributed by atoms with van der Waals surface area (Å²) in [6.45, 7) is 8.20. The summed E-state index contributed by atoms with van der Waals surface area (Å²) in [7, 11) is -0.320. The van der Waals surface area contributed by atoms with E-state index in [9.17, 15) is 4.79 Å². The standard InChI is InChI=1S/C14H22O3Si/c1-11(14(15)16-2)13(17-18(3,4)5)12-9-7-6-8-10-12/h6-11,13H,1-5H3/t11-,13-/m0/s1. The second-order valence-corrected chi connectivity index (χ2v) is 9.83. The lowest BCUT2D eigenvalue weighted by Crippen LogP contribution is -2.33. The van der Waals surface area contributed by atoms with E-state index in [0.717, 1.165) is 5.56 Å². The summed E-state index contributed by atoms with van der Waals surface area (Å²) in [4.78, 5) is 11.7. The number of hydrogen-bond acceptors (Lipinski definition) is 3. The summed E-state index contributed by atoms with van der Waals surface area (Å²) in [5.41, 5.74) is 1.03. The molecular weight excluding hydrogens is 244 g/mol. The van der Waals surface area contributed by atoms with Crippen LogP contribution in [0.3, 0.4) is 0 Å². The second kappa shape index (κ2) is 6.16. The summed E-state index contributed by atoms with van der Waals surface area (Å²) < 4.78 is 11.0. The maximum atomic E-state index is 11.7. The number of methoxy groups -OCH3 is 1. The number of rotatable bonds is 5. The van der Waals surface area contributed by atoms with E-state index in [1.807, 2.05) is 37.3 Å². The number of esters is 1. The Kier molecular flexibility index (Phi) is 5.11. The highest BCUT2D eigenvalue weighted by atomic mass is 28.4. The average molecular weight is 266 g/mol. The molecule has 0 saturated carbocycles. The summed E-state index contributed by atoms with van der Waals surface area (Å²) in [5, 5.41) is 0. The van der Waals surface area contributed by atoms with Gasteiger partial charge in [-0.1, -0.05) is 30.3 Å². The third kappa shape index (κ3) is 4.27. The molecule has 1 rings (SSSR count). The number of ether oxygens (including phenoxy) is 1. The van der Waals surface area contributed by atoms with Gasteiger partial charge in [-0.15, -0.1) is 0 Å². The summed E-state index contributed by atoms with van der Waals surface area (Å²) in [5.74, 6) is -0.536. The Balaban J connectivity index is 2.99. The molecule has 0 aliphatic rings. The molecule has 0 unspecified atom stereocenters. The number of hydrogen-bond donors (Lipinski definition) is 0. The van der Waals surface area contributed by atoms with Crippen LogP contribution in [0.4, 0.5) is 0 Å². The highest BCUT2D eigenvalue weighted by molar-refractivity contribution is 6.69. The first-order valence-corrected chi connectivity index (χ1v) is 9.56. The first kappa shape index (κ1) is 14.9. The van der Waals surface area contributed by atoms with Crippen LogP contribution in [0.2, 0.25) is 19.6 Å². The Hall–Kier alpha value is -1.13. The zero-order valence-corrected chi connectivity index (χ0v) is 12.8. The molecular formula is C14H22O3Si. The van der Waals surface area contributed by atoms with Crippen LogP contribution in [0.15, 0.2) is 30.3 Å². The highest BCUT2D eigenvalue weighted by Gasteiger charge is 2.31. The minimum atomic E-state index is -1.73. The molecule has 2 atom stereocenters. The third-order valence-electron chi connectivity index (χ3n) is 2.64. The molecule has 0 bridgehead atoms. The van der Waals surface area contributed by atoms with Crippen LogP contribution in [0.25, 0.3) is 0 Å². The Morgan fingerprint density at radius 1 is 1.17 bits per heavy atom. The van der Waals surface area contributed by atoms with Crippen molar-refractivity contribution in [2.24, 2.45) is 5.92 Å². The van der Waals surface area contributed by atoms with Crippen molar-refractivity contribution in [3.8, 4) is 0 Å². The van der Waals surface area contributed by atoms with Crippen LogP contribution in [0, 0.1) is 5.92 Å². The van der Waals surface area contributed by atoms with Gasteiger partial charge in [0.15, 0.2) is 8.32 Å². The predicted molar refractivity (Wildman–Crippen MR) is 74.8 cm³/mol. The van der Waals surface area contributed by atoms with Crippen molar-refractivity contribution in [3.05, 3.63) is 35.9 Å². The zero-order chi connectivity index (χ0) is 13.8. The lowest BCUT2D eigenvalue weighted by Gasteiger charge is -2.30. The van der Waals surface area contributed by atoms with E-state index in [-0.39, 0.29) is 18.0 Å². The van der Waals surface area contributed by atoms with E-state index in [1.54, 1.807) is 0 Å². The molecule has 3 nitrogen and oxygen atoms in total. The molecule has 1 aromatic carbocycles. The van der Waals surface area contributed by atoms with Gasteiger partial charge in [0.2, 0.25) is 0 Å². The highest BCUT2D eigenvalue weighted by Crippen LogP contribution is 2.30. The fourth-order valence-electron chi connectivity index (χ4n) is 1.79. The molecule has 0 fully saturated rings. The summed E-state index contributed by atoms with van der Waals surface area (Å²) >= 11 is 0. The van der Waals surface area contributed by atoms with E-state index in [0.29, 0.717) is 0 Å². The molecule has 0 aliphatic heterocycles. The molecule has 0 amide bonds. The Morgan fingerprint density at radius 3 is 2.17 bits per heavy atom. The van der Waals surface area contributed by atoms with Crippen LogP contribution >= 0.6 is 0 Å². The van der Waals surface area contributed by atoms with Gasteiger partial charge in [-0.05, 0) is 32.1 Å². The molecule has 0 saturated heterocycles. The molecule has 4 heteroatoms.